The molecule has 1 aliphatic heterocycles. The Morgan fingerprint density at radius 2 is 1.94 bits per heavy atom. The zero-order valence-electron chi connectivity index (χ0n) is 18.7. The second-order valence-electron chi connectivity index (χ2n) is 8.81. The van der Waals surface area contributed by atoms with Crippen molar-refractivity contribution >= 4 is 11.5 Å². The number of aromatic nitrogens is 1. The number of methoxy groups -OCH3 is 2. The van der Waals surface area contributed by atoms with Gasteiger partial charge in [0.1, 0.15) is 5.82 Å². The molecule has 2 N–H and O–H groups in total. The quantitative estimate of drug-likeness (QED) is 0.781. The van der Waals surface area contributed by atoms with Crippen LogP contribution in [0, 0.1) is 16.7 Å². The van der Waals surface area contributed by atoms with E-state index in [4.69, 9.17) is 15.2 Å². The molecule has 1 aliphatic carbocycles. The Kier molecular flexibility index (Phi) is 5.39. The van der Waals surface area contributed by atoms with Crippen LogP contribution in [0.1, 0.15) is 38.2 Å². The molecule has 1 aromatic carbocycles. The van der Waals surface area contributed by atoms with Gasteiger partial charge in [0.25, 0.3) is 0 Å². The van der Waals surface area contributed by atoms with Gasteiger partial charge in [-0.25, -0.2) is 0 Å². The predicted octanol–water partition coefficient (Wildman–Crippen LogP) is 4.04. The third-order valence-electron chi connectivity index (χ3n) is 6.03. The van der Waals surface area contributed by atoms with Crippen LogP contribution in [0.3, 0.4) is 0 Å². The smallest absolute Gasteiger partial charge is 0.162 e. The molecule has 0 fully saturated rings. The number of Topliss-reactive ketones (excluding diaryl/α,β-unsaturated/α-hetero) is 1. The highest BCUT2D eigenvalue weighted by atomic mass is 16.5. The lowest BCUT2D eigenvalue weighted by atomic mass is 9.68. The molecule has 2 aromatic rings. The van der Waals surface area contributed by atoms with Crippen LogP contribution < -0.4 is 20.1 Å². The van der Waals surface area contributed by atoms with Crippen molar-refractivity contribution in [3.05, 3.63) is 71.0 Å². The Morgan fingerprint density at radius 1 is 1.19 bits per heavy atom. The maximum Gasteiger partial charge on any atom is 0.162 e. The molecule has 4 rings (SSSR count). The fourth-order valence-electron chi connectivity index (χ4n) is 4.66. The van der Waals surface area contributed by atoms with Crippen LogP contribution in [0.2, 0.25) is 0 Å². The highest BCUT2D eigenvalue weighted by Gasteiger charge is 2.44. The summed E-state index contributed by atoms with van der Waals surface area (Å²) in [6.07, 6.45) is 4.41. The van der Waals surface area contributed by atoms with E-state index in [1.165, 1.54) is 0 Å². The first-order chi connectivity index (χ1) is 15.3. The van der Waals surface area contributed by atoms with Crippen LogP contribution in [0.15, 0.2) is 65.4 Å². The summed E-state index contributed by atoms with van der Waals surface area (Å²) in [6, 6.07) is 11.4. The van der Waals surface area contributed by atoms with Crippen molar-refractivity contribution in [2.24, 2.45) is 11.1 Å². The number of pyridine rings is 1. The van der Waals surface area contributed by atoms with Gasteiger partial charge in [0, 0.05) is 23.9 Å². The van der Waals surface area contributed by atoms with E-state index in [9.17, 15) is 10.1 Å². The maximum absolute atomic E-state index is 13.5. The van der Waals surface area contributed by atoms with Crippen molar-refractivity contribution in [3.8, 4) is 17.6 Å². The molecular weight excluding hydrogens is 404 g/mol. The van der Waals surface area contributed by atoms with Gasteiger partial charge in [-0.2, -0.15) is 5.26 Å². The van der Waals surface area contributed by atoms with E-state index >= 15 is 0 Å². The lowest BCUT2D eigenvalue weighted by Gasteiger charge is -2.43. The molecule has 0 radical (unpaired) electrons. The van der Waals surface area contributed by atoms with E-state index in [0.29, 0.717) is 41.3 Å². The number of ether oxygens (including phenoxy) is 2. The molecule has 7 nitrogen and oxygen atoms in total. The lowest BCUT2D eigenvalue weighted by molar-refractivity contribution is -0.118. The van der Waals surface area contributed by atoms with Crippen molar-refractivity contribution in [2.75, 3.05) is 19.1 Å². The molecule has 0 amide bonds. The minimum absolute atomic E-state index is 0.0187. The first-order valence-corrected chi connectivity index (χ1v) is 10.4. The minimum atomic E-state index is -0.577. The zero-order valence-corrected chi connectivity index (χ0v) is 18.7. The van der Waals surface area contributed by atoms with Gasteiger partial charge in [0.05, 0.1) is 43.7 Å². The Balaban J connectivity index is 1.99. The van der Waals surface area contributed by atoms with Gasteiger partial charge in [0.15, 0.2) is 17.3 Å². The first kappa shape index (κ1) is 21.4. The molecule has 1 atom stereocenters. The number of rotatable bonds is 4. The summed E-state index contributed by atoms with van der Waals surface area (Å²) in [4.78, 5) is 19.6. The number of nitrogens with zero attached hydrogens (tertiary/aromatic N) is 3. The van der Waals surface area contributed by atoms with Crippen LogP contribution in [0.5, 0.6) is 11.5 Å². The molecule has 2 heterocycles. The van der Waals surface area contributed by atoms with E-state index in [1.807, 2.05) is 29.2 Å². The number of hydrogen-bond acceptors (Lipinski definition) is 7. The van der Waals surface area contributed by atoms with Crippen molar-refractivity contribution in [3.63, 3.8) is 0 Å². The largest absolute Gasteiger partial charge is 0.493 e. The summed E-state index contributed by atoms with van der Waals surface area (Å²) >= 11 is 0. The van der Waals surface area contributed by atoms with Gasteiger partial charge in [-0.3, -0.25) is 14.7 Å². The summed E-state index contributed by atoms with van der Waals surface area (Å²) in [5.41, 5.74) is 9.61. The first-order valence-electron chi connectivity index (χ1n) is 10.4. The number of allylic oxidation sites excluding steroid dienone is 3. The summed E-state index contributed by atoms with van der Waals surface area (Å²) in [7, 11) is 3.12. The molecule has 0 saturated carbocycles. The Bertz CT molecular complexity index is 1180. The van der Waals surface area contributed by atoms with Crippen LogP contribution in [-0.4, -0.2) is 25.0 Å². The van der Waals surface area contributed by atoms with E-state index in [0.717, 1.165) is 16.9 Å². The van der Waals surface area contributed by atoms with Crippen LogP contribution in [0.25, 0.3) is 0 Å². The maximum atomic E-state index is 13.5. The average Bonchev–Trinajstić information content (AvgIpc) is 2.77. The van der Waals surface area contributed by atoms with E-state index in [2.05, 4.69) is 24.9 Å². The third kappa shape index (κ3) is 3.48. The molecule has 164 valence electrons. The number of nitrogens with two attached hydrogens (primary N) is 1. The second-order valence-corrected chi connectivity index (χ2v) is 8.81. The molecule has 32 heavy (non-hydrogen) atoms. The SMILES string of the molecule is COc1ccc([C@@H]2C(C#N)=C(N)N(c3cccnc3)C3=C2C(=O)CC(C)(C)C3)cc1OC. The van der Waals surface area contributed by atoms with Crippen molar-refractivity contribution < 1.29 is 14.3 Å². The standard InChI is InChI=1S/C25H26N4O3/c1-25(2)11-18-23(19(30)12-25)22(15-7-8-20(31-3)21(10-15)32-4)17(13-26)24(27)29(18)16-6-5-9-28-14-16/h5-10,14,22H,11-12,27H2,1-4H3/t22-/m1/s1. The highest BCUT2D eigenvalue weighted by molar-refractivity contribution is 6.01. The number of benzene rings is 1. The molecule has 0 unspecified atom stereocenters. The van der Waals surface area contributed by atoms with Crippen molar-refractivity contribution in [2.45, 2.75) is 32.6 Å². The van der Waals surface area contributed by atoms with E-state index in [-0.39, 0.29) is 11.2 Å². The Hall–Kier alpha value is -3.79. The number of hydrogen-bond donors (Lipinski definition) is 1. The van der Waals surface area contributed by atoms with Gasteiger partial charge in [-0.15, -0.1) is 0 Å². The highest BCUT2D eigenvalue weighted by Crippen LogP contribution is 2.50. The number of nitriles is 1. The molecule has 7 heteroatoms. The third-order valence-corrected chi connectivity index (χ3v) is 6.03. The topological polar surface area (TPSA) is 101 Å². The predicted molar refractivity (Wildman–Crippen MR) is 121 cm³/mol. The van der Waals surface area contributed by atoms with Crippen LogP contribution in [-0.2, 0) is 4.79 Å². The Labute approximate surface area is 187 Å². The number of carbonyl (C=O) groups excluding carboxylic acids is 1. The average molecular weight is 431 g/mol. The zero-order chi connectivity index (χ0) is 23.0. The van der Waals surface area contributed by atoms with Gasteiger partial charge >= 0.3 is 0 Å². The molecular formula is C25H26N4O3. The second kappa shape index (κ2) is 8.04. The fourth-order valence-corrected chi connectivity index (χ4v) is 4.66. The molecule has 0 saturated heterocycles. The monoisotopic (exact) mass is 430 g/mol. The van der Waals surface area contributed by atoms with Gasteiger partial charge < -0.3 is 15.2 Å². The van der Waals surface area contributed by atoms with Crippen molar-refractivity contribution in [1.29, 1.82) is 5.26 Å². The van der Waals surface area contributed by atoms with Gasteiger partial charge in [-0.1, -0.05) is 19.9 Å². The van der Waals surface area contributed by atoms with E-state index < -0.39 is 5.92 Å². The summed E-state index contributed by atoms with van der Waals surface area (Å²) in [6.45, 7) is 4.14. The molecule has 0 bridgehead atoms. The fraction of sp³-hybridized carbons (Fsp3) is 0.320. The van der Waals surface area contributed by atoms with Crippen molar-refractivity contribution in [1.82, 2.24) is 4.98 Å². The number of carbonyl (C=O) groups is 1. The molecule has 2 aliphatic rings. The summed E-state index contributed by atoms with van der Waals surface area (Å²) < 4.78 is 10.8. The van der Waals surface area contributed by atoms with E-state index in [1.54, 1.807) is 32.7 Å². The van der Waals surface area contributed by atoms with Gasteiger partial charge in [-0.05, 0) is 41.7 Å². The minimum Gasteiger partial charge on any atom is -0.493 e. The summed E-state index contributed by atoms with van der Waals surface area (Å²) in [5.74, 6) is 0.854. The van der Waals surface area contributed by atoms with Crippen LogP contribution >= 0.6 is 0 Å². The van der Waals surface area contributed by atoms with Gasteiger partial charge in [0.2, 0.25) is 0 Å². The normalized spacial score (nSPS) is 20.0. The number of ketones is 1. The Morgan fingerprint density at radius 3 is 2.56 bits per heavy atom. The molecule has 0 spiro atoms. The van der Waals surface area contributed by atoms with Crippen LogP contribution in [0.4, 0.5) is 5.69 Å². The number of anilines is 1. The molecule has 1 aromatic heterocycles. The lowest BCUT2D eigenvalue weighted by Crippen LogP contribution is -2.42. The summed E-state index contributed by atoms with van der Waals surface area (Å²) in [5, 5.41) is 10.1.